The van der Waals surface area contributed by atoms with E-state index in [-0.39, 0.29) is 0 Å². The average Bonchev–Trinajstić information content (AvgIpc) is 2.30. The predicted octanol–water partition coefficient (Wildman–Crippen LogP) is 2.46. The Morgan fingerprint density at radius 2 is 1.94 bits per heavy atom. The first kappa shape index (κ1) is 13.1. The van der Waals surface area contributed by atoms with Crippen LogP contribution in [0.2, 0.25) is 0 Å². The molecule has 5 heteroatoms. The van der Waals surface area contributed by atoms with Crippen LogP contribution in [0.1, 0.15) is 19.8 Å². The van der Waals surface area contributed by atoms with Crippen molar-refractivity contribution in [1.82, 2.24) is 9.97 Å². The lowest BCUT2D eigenvalue weighted by atomic mass is 10.3. The van der Waals surface area contributed by atoms with Gasteiger partial charge in [-0.05, 0) is 31.8 Å². The van der Waals surface area contributed by atoms with Crippen molar-refractivity contribution in [2.45, 2.75) is 19.8 Å². The Morgan fingerprint density at radius 3 is 2.62 bits per heavy atom. The summed E-state index contributed by atoms with van der Waals surface area (Å²) in [5, 5.41) is 6.47. The summed E-state index contributed by atoms with van der Waals surface area (Å²) in [5.74, 6) is 3.01. The standard InChI is InChI=1S/C11H20N4S/c1-3-12-10-8-11(15-9-14-10)13-6-4-5-7-16-2/h8-9H,3-7H2,1-2H3,(H2,12,13,14,15). The number of rotatable bonds is 8. The average molecular weight is 240 g/mol. The van der Waals surface area contributed by atoms with E-state index in [0.29, 0.717) is 0 Å². The van der Waals surface area contributed by atoms with Gasteiger partial charge in [-0.3, -0.25) is 0 Å². The zero-order chi connectivity index (χ0) is 11.6. The normalized spacial score (nSPS) is 10.1. The number of aromatic nitrogens is 2. The number of thioether (sulfide) groups is 1. The molecule has 0 aromatic carbocycles. The molecular formula is C11H20N4S. The van der Waals surface area contributed by atoms with Crippen molar-refractivity contribution in [2.24, 2.45) is 0 Å². The molecule has 0 unspecified atom stereocenters. The number of nitrogens with one attached hydrogen (secondary N) is 2. The van der Waals surface area contributed by atoms with E-state index in [4.69, 9.17) is 0 Å². The predicted molar refractivity (Wildman–Crippen MR) is 72.3 cm³/mol. The molecule has 0 atom stereocenters. The maximum atomic E-state index is 4.17. The van der Waals surface area contributed by atoms with Crippen LogP contribution in [-0.4, -0.2) is 35.1 Å². The van der Waals surface area contributed by atoms with Crippen molar-refractivity contribution in [3.8, 4) is 0 Å². The minimum absolute atomic E-state index is 0.879. The van der Waals surface area contributed by atoms with Gasteiger partial charge in [-0.25, -0.2) is 9.97 Å². The number of hydrogen-bond donors (Lipinski definition) is 2. The summed E-state index contributed by atoms with van der Waals surface area (Å²) in [7, 11) is 0. The van der Waals surface area contributed by atoms with Gasteiger partial charge in [0.05, 0.1) is 0 Å². The molecule has 0 bridgehead atoms. The smallest absolute Gasteiger partial charge is 0.131 e. The summed E-state index contributed by atoms with van der Waals surface area (Å²) in [6, 6.07) is 1.94. The molecule has 0 aliphatic heterocycles. The zero-order valence-electron chi connectivity index (χ0n) is 9.99. The number of hydrogen-bond acceptors (Lipinski definition) is 5. The van der Waals surface area contributed by atoms with E-state index in [1.165, 1.54) is 18.6 Å². The van der Waals surface area contributed by atoms with Crippen molar-refractivity contribution in [2.75, 3.05) is 35.7 Å². The van der Waals surface area contributed by atoms with E-state index in [1.54, 1.807) is 6.33 Å². The van der Waals surface area contributed by atoms with Gasteiger partial charge in [0.1, 0.15) is 18.0 Å². The summed E-state index contributed by atoms with van der Waals surface area (Å²) >= 11 is 1.89. The fraction of sp³-hybridized carbons (Fsp3) is 0.636. The largest absolute Gasteiger partial charge is 0.370 e. The molecule has 90 valence electrons. The van der Waals surface area contributed by atoms with Gasteiger partial charge in [0, 0.05) is 19.2 Å². The van der Waals surface area contributed by atoms with Gasteiger partial charge in [-0.2, -0.15) is 11.8 Å². The Kier molecular flexibility index (Phi) is 6.72. The van der Waals surface area contributed by atoms with Crippen LogP contribution < -0.4 is 10.6 Å². The number of anilines is 2. The zero-order valence-corrected chi connectivity index (χ0v) is 10.8. The molecule has 1 heterocycles. The molecule has 4 nitrogen and oxygen atoms in total. The van der Waals surface area contributed by atoms with Gasteiger partial charge >= 0.3 is 0 Å². The highest BCUT2D eigenvalue weighted by Gasteiger charge is 1.96. The van der Waals surface area contributed by atoms with E-state index in [1.807, 2.05) is 17.8 Å². The SMILES string of the molecule is CCNc1cc(NCCCCSC)ncn1. The number of unbranched alkanes of at least 4 members (excludes halogenated alkanes) is 1. The fourth-order valence-electron chi connectivity index (χ4n) is 1.32. The molecule has 0 amide bonds. The lowest BCUT2D eigenvalue weighted by molar-refractivity contribution is 0.839. The Bertz CT molecular complexity index is 293. The topological polar surface area (TPSA) is 49.8 Å². The van der Waals surface area contributed by atoms with E-state index in [0.717, 1.165) is 24.7 Å². The molecule has 1 rings (SSSR count). The maximum absolute atomic E-state index is 4.17. The van der Waals surface area contributed by atoms with Crippen molar-refractivity contribution in [1.29, 1.82) is 0 Å². The third-order valence-corrected chi connectivity index (χ3v) is 2.80. The van der Waals surface area contributed by atoms with Crippen LogP contribution in [0.25, 0.3) is 0 Å². The third-order valence-electron chi connectivity index (χ3n) is 2.11. The second-order valence-electron chi connectivity index (χ2n) is 3.45. The maximum Gasteiger partial charge on any atom is 0.131 e. The van der Waals surface area contributed by atoms with Crippen LogP contribution in [0.5, 0.6) is 0 Å². The second kappa shape index (κ2) is 8.21. The molecule has 1 aromatic rings. The summed E-state index contributed by atoms with van der Waals surface area (Å²) in [4.78, 5) is 8.29. The summed E-state index contributed by atoms with van der Waals surface area (Å²) in [6.45, 7) is 3.91. The van der Waals surface area contributed by atoms with Crippen LogP contribution in [-0.2, 0) is 0 Å². The molecule has 0 saturated heterocycles. The lowest BCUT2D eigenvalue weighted by Gasteiger charge is -2.07. The second-order valence-corrected chi connectivity index (χ2v) is 4.43. The molecule has 1 aromatic heterocycles. The van der Waals surface area contributed by atoms with Gasteiger partial charge < -0.3 is 10.6 Å². The van der Waals surface area contributed by atoms with Crippen LogP contribution in [0.4, 0.5) is 11.6 Å². The molecule has 0 spiro atoms. The molecule has 0 fully saturated rings. The Labute approximate surface area is 102 Å². The Balaban J connectivity index is 2.27. The summed E-state index contributed by atoms with van der Waals surface area (Å²) < 4.78 is 0. The molecule has 0 aliphatic carbocycles. The molecule has 2 N–H and O–H groups in total. The van der Waals surface area contributed by atoms with Crippen molar-refractivity contribution in [3.05, 3.63) is 12.4 Å². The van der Waals surface area contributed by atoms with Crippen molar-refractivity contribution < 1.29 is 0 Å². The van der Waals surface area contributed by atoms with Crippen LogP contribution in [0.15, 0.2) is 12.4 Å². The van der Waals surface area contributed by atoms with Gasteiger partial charge in [0.15, 0.2) is 0 Å². The minimum Gasteiger partial charge on any atom is -0.370 e. The van der Waals surface area contributed by atoms with E-state index >= 15 is 0 Å². The number of nitrogens with zero attached hydrogens (tertiary/aromatic N) is 2. The summed E-state index contributed by atoms with van der Waals surface area (Å²) in [6.07, 6.45) is 6.16. The highest BCUT2D eigenvalue weighted by molar-refractivity contribution is 7.98. The molecule has 0 aliphatic rings. The van der Waals surface area contributed by atoms with Crippen LogP contribution in [0.3, 0.4) is 0 Å². The van der Waals surface area contributed by atoms with E-state index in [9.17, 15) is 0 Å². The fourth-order valence-corrected chi connectivity index (χ4v) is 1.81. The quantitative estimate of drug-likeness (QED) is 0.684. The van der Waals surface area contributed by atoms with Crippen molar-refractivity contribution in [3.63, 3.8) is 0 Å². The third kappa shape index (κ3) is 5.21. The lowest BCUT2D eigenvalue weighted by Crippen LogP contribution is -2.06. The molecule has 0 radical (unpaired) electrons. The van der Waals surface area contributed by atoms with Crippen LogP contribution in [0, 0.1) is 0 Å². The molecular weight excluding hydrogens is 220 g/mol. The van der Waals surface area contributed by atoms with Crippen molar-refractivity contribution >= 4 is 23.4 Å². The minimum atomic E-state index is 0.879. The summed E-state index contributed by atoms with van der Waals surface area (Å²) in [5.41, 5.74) is 0. The first-order chi connectivity index (χ1) is 7.86. The van der Waals surface area contributed by atoms with Gasteiger partial charge in [0.25, 0.3) is 0 Å². The van der Waals surface area contributed by atoms with Gasteiger partial charge in [-0.15, -0.1) is 0 Å². The first-order valence-electron chi connectivity index (χ1n) is 5.65. The van der Waals surface area contributed by atoms with E-state index < -0.39 is 0 Å². The Hall–Kier alpha value is -0.970. The first-order valence-corrected chi connectivity index (χ1v) is 7.05. The highest BCUT2D eigenvalue weighted by Crippen LogP contribution is 2.08. The highest BCUT2D eigenvalue weighted by atomic mass is 32.2. The van der Waals surface area contributed by atoms with Crippen LogP contribution >= 0.6 is 11.8 Å². The Morgan fingerprint density at radius 1 is 1.19 bits per heavy atom. The molecule has 16 heavy (non-hydrogen) atoms. The molecule has 0 saturated carbocycles. The van der Waals surface area contributed by atoms with Gasteiger partial charge in [0.2, 0.25) is 0 Å². The monoisotopic (exact) mass is 240 g/mol. The van der Waals surface area contributed by atoms with Gasteiger partial charge in [-0.1, -0.05) is 0 Å². The van der Waals surface area contributed by atoms with E-state index in [2.05, 4.69) is 33.8 Å².